The summed E-state index contributed by atoms with van der Waals surface area (Å²) < 4.78 is 0. The molecule has 78 valence electrons. The molecule has 0 unspecified atom stereocenters. The predicted octanol–water partition coefficient (Wildman–Crippen LogP) is 2.64. The van der Waals surface area contributed by atoms with E-state index in [4.69, 9.17) is 11.6 Å². The molecule has 4 heteroatoms. The molecule has 1 aromatic carbocycles. The highest BCUT2D eigenvalue weighted by Gasteiger charge is 2.19. The Morgan fingerprint density at radius 3 is 3.13 bits per heavy atom. The molecule has 1 aliphatic rings. The van der Waals surface area contributed by atoms with Gasteiger partial charge in [-0.3, -0.25) is 0 Å². The van der Waals surface area contributed by atoms with E-state index >= 15 is 0 Å². The lowest BCUT2D eigenvalue weighted by atomic mass is 10.2. The van der Waals surface area contributed by atoms with E-state index in [-0.39, 0.29) is 0 Å². The molecule has 0 saturated carbocycles. The third-order valence-electron chi connectivity index (χ3n) is 2.85. The average Bonchev–Trinajstić information content (AvgIpc) is 2.84. The monoisotopic (exact) mass is 221 g/mol. The number of hydrogen-bond acceptors (Lipinski definition) is 2. The molecule has 0 radical (unpaired) electrons. The van der Waals surface area contributed by atoms with Crippen LogP contribution in [0.4, 0.5) is 0 Å². The summed E-state index contributed by atoms with van der Waals surface area (Å²) >= 11 is 5.92. The predicted molar refractivity (Wildman–Crippen MR) is 61.1 cm³/mol. The lowest BCUT2D eigenvalue weighted by Gasteiger charge is -2.04. The second kappa shape index (κ2) is 3.51. The van der Waals surface area contributed by atoms with Gasteiger partial charge in [0.05, 0.1) is 17.1 Å². The molecular formula is C11H12ClN3. The molecule has 0 aliphatic carbocycles. The smallest absolute Gasteiger partial charge is 0.124 e. The van der Waals surface area contributed by atoms with Crippen LogP contribution in [-0.4, -0.2) is 16.5 Å². The standard InChI is InChI=1S/C11H12ClN3/c12-7-3-4-8-10(6-7)15-11(14-8)9-2-1-5-13-9/h3-4,6,9,13H,1-2,5H2,(H,14,15)/t9-/m0/s1. The average molecular weight is 222 g/mol. The lowest BCUT2D eigenvalue weighted by molar-refractivity contribution is 0.614. The van der Waals surface area contributed by atoms with Gasteiger partial charge in [0, 0.05) is 5.02 Å². The fraction of sp³-hybridized carbons (Fsp3) is 0.364. The van der Waals surface area contributed by atoms with Crippen molar-refractivity contribution < 1.29 is 0 Å². The minimum Gasteiger partial charge on any atom is -0.341 e. The highest BCUT2D eigenvalue weighted by atomic mass is 35.5. The van der Waals surface area contributed by atoms with Gasteiger partial charge in [0.2, 0.25) is 0 Å². The maximum atomic E-state index is 5.92. The van der Waals surface area contributed by atoms with Crippen molar-refractivity contribution >= 4 is 22.6 Å². The van der Waals surface area contributed by atoms with Crippen LogP contribution >= 0.6 is 11.6 Å². The Morgan fingerprint density at radius 1 is 1.40 bits per heavy atom. The molecule has 3 nitrogen and oxygen atoms in total. The Morgan fingerprint density at radius 2 is 2.33 bits per heavy atom. The van der Waals surface area contributed by atoms with Crippen molar-refractivity contribution in [3.63, 3.8) is 0 Å². The topological polar surface area (TPSA) is 40.7 Å². The highest BCUT2D eigenvalue weighted by molar-refractivity contribution is 6.31. The van der Waals surface area contributed by atoms with E-state index in [0.29, 0.717) is 6.04 Å². The zero-order valence-corrected chi connectivity index (χ0v) is 9.01. The number of benzene rings is 1. The van der Waals surface area contributed by atoms with Gasteiger partial charge in [-0.15, -0.1) is 0 Å². The van der Waals surface area contributed by atoms with Crippen molar-refractivity contribution in [2.45, 2.75) is 18.9 Å². The molecule has 1 saturated heterocycles. The van der Waals surface area contributed by atoms with Gasteiger partial charge in [-0.25, -0.2) is 4.98 Å². The number of halogens is 1. The largest absolute Gasteiger partial charge is 0.341 e. The lowest BCUT2D eigenvalue weighted by Crippen LogP contribution is -2.13. The fourth-order valence-corrected chi connectivity index (χ4v) is 2.26. The van der Waals surface area contributed by atoms with E-state index in [1.807, 2.05) is 18.2 Å². The Kier molecular flexibility index (Phi) is 2.15. The van der Waals surface area contributed by atoms with Crippen LogP contribution in [0.1, 0.15) is 24.7 Å². The second-order valence-electron chi connectivity index (χ2n) is 3.93. The van der Waals surface area contributed by atoms with Crippen LogP contribution < -0.4 is 5.32 Å². The Bertz CT molecular complexity index is 486. The summed E-state index contributed by atoms with van der Waals surface area (Å²) in [5.74, 6) is 1.03. The first-order chi connectivity index (χ1) is 7.33. The van der Waals surface area contributed by atoms with Gasteiger partial charge < -0.3 is 10.3 Å². The fourth-order valence-electron chi connectivity index (χ4n) is 2.08. The van der Waals surface area contributed by atoms with Crippen molar-refractivity contribution in [2.75, 3.05) is 6.54 Å². The molecular weight excluding hydrogens is 210 g/mol. The van der Waals surface area contributed by atoms with E-state index in [9.17, 15) is 0 Å². The second-order valence-corrected chi connectivity index (χ2v) is 4.37. The number of hydrogen-bond donors (Lipinski definition) is 2. The number of H-pyrrole nitrogens is 1. The number of imidazole rings is 1. The first-order valence-corrected chi connectivity index (χ1v) is 5.59. The highest BCUT2D eigenvalue weighted by Crippen LogP contribution is 2.24. The van der Waals surface area contributed by atoms with Crippen LogP contribution in [0.2, 0.25) is 5.02 Å². The minimum atomic E-state index is 0.385. The molecule has 15 heavy (non-hydrogen) atoms. The van der Waals surface area contributed by atoms with E-state index in [1.165, 1.54) is 6.42 Å². The molecule has 1 aliphatic heterocycles. The Labute approximate surface area is 92.8 Å². The zero-order valence-electron chi connectivity index (χ0n) is 8.26. The van der Waals surface area contributed by atoms with Crippen molar-refractivity contribution in [3.05, 3.63) is 29.0 Å². The maximum Gasteiger partial charge on any atom is 0.124 e. The van der Waals surface area contributed by atoms with Crippen LogP contribution in [0.5, 0.6) is 0 Å². The summed E-state index contributed by atoms with van der Waals surface area (Å²) in [4.78, 5) is 7.88. The molecule has 1 fully saturated rings. The van der Waals surface area contributed by atoms with E-state index in [0.717, 1.165) is 34.8 Å². The summed E-state index contributed by atoms with van der Waals surface area (Å²) in [5, 5.41) is 4.17. The molecule has 0 amide bonds. The van der Waals surface area contributed by atoms with Crippen LogP contribution in [0, 0.1) is 0 Å². The van der Waals surface area contributed by atoms with Gasteiger partial charge in [0.1, 0.15) is 5.82 Å². The van der Waals surface area contributed by atoms with Gasteiger partial charge in [-0.2, -0.15) is 0 Å². The number of fused-ring (bicyclic) bond motifs is 1. The van der Waals surface area contributed by atoms with Crippen molar-refractivity contribution in [1.29, 1.82) is 0 Å². The third-order valence-corrected chi connectivity index (χ3v) is 3.09. The van der Waals surface area contributed by atoms with E-state index in [1.54, 1.807) is 0 Å². The number of aromatic nitrogens is 2. The summed E-state index contributed by atoms with van der Waals surface area (Å²) in [5.41, 5.74) is 2.01. The minimum absolute atomic E-state index is 0.385. The molecule has 3 rings (SSSR count). The van der Waals surface area contributed by atoms with Crippen molar-refractivity contribution in [1.82, 2.24) is 15.3 Å². The first kappa shape index (κ1) is 9.19. The van der Waals surface area contributed by atoms with Crippen molar-refractivity contribution in [3.8, 4) is 0 Å². The van der Waals surface area contributed by atoms with Crippen LogP contribution in [0.15, 0.2) is 18.2 Å². The van der Waals surface area contributed by atoms with Crippen molar-refractivity contribution in [2.24, 2.45) is 0 Å². The van der Waals surface area contributed by atoms with Gasteiger partial charge in [-0.05, 0) is 37.6 Å². The van der Waals surface area contributed by atoms with Gasteiger partial charge >= 0.3 is 0 Å². The van der Waals surface area contributed by atoms with Gasteiger partial charge in [0.15, 0.2) is 0 Å². The summed E-state index contributed by atoms with van der Waals surface area (Å²) in [6.07, 6.45) is 2.38. The maximum absolute atomic E-state index is 5.92. The summed E-state index contributed by atoms with van der Waals surface area (Å²) in [6.45, 7) is 1.09. The molecule has 2 aromatic rings. The molecule has 1 aromatic heterocycles. The summed E-state index contributed by atoms with van der Waals surface area (Å²) in [6, 6.07) is 6.13. The number of aromatic amines is 1. The van der Waals surface area contributed by atoms with E-state index < -0.39 is 0 Å². The molecule has 2 N–H and O–H groups in total. The summed E-state index contributed by atoms with van der Waals surface area (Å²) in [7, 11) is 0. The third kappa shape index (κ3) is 1.62. The van der Waals surface area contributed by atoms with E-state index in [2.05, 4.69) is 15.3 Å². The Hall–Kier alpha value is -1.06. The van der Waals surface area contributed by atoms with Gasteiger partial charge in [0.25, 0.3) is 0 Å². The van der Waals surface area contributed by atoms with Crippen LogP contribution in [0.3, 0.4) is 0 Å². The number of rotatable bonds is 1. The quantitative estimate of drug-likeness (QED) is 0.777. The zero-order chi connectivity index (χ0) is 10.3. The molecule has 2 heterocycles. The molecule has 0 bridgehead atoms. The van der Waals surface area contributed by atoms with Gasteiger partial charge in [-0.1, -0.05) is 11.6 Å². The molecule has 0 spiro atoms. The first-order valence-electron chi connectivity index (χ1n) is 5.21. The molecule has 1 atom stereocenters. The van der Waals surface area contributed by atoms with Crippen LogP contribution in [0.25, 0.3) is 11.0 Å². The SMILES string of the molecule is Clc1ccc2nc([C@@H]3CCCN3)[nH]c2c1. The van der Waals surface area contributed by atoms with Crippen LogP contribution in [-0.2, 0) is 0 Å². The number of nitrogens with zero attached hydrogens (tertiary/aromatic N) is 1. The number of nitrogens with one attached hydrogen (secondary N) is 2. The normalized spacial score (nSPS) is 21.3. The Balaban J connectivity index is 2.05.